The first-order chi connectivity index (χ1) is 12.5. The van der Waals surface area contributed by atoms with Crippen LogP contribution in [0.4, 0.5) is 4.79 Å². The molecule has 4 rings (SSSR count). The van der Waals surface area contributed by atoms with Gasteiger partial charge in [-0.2, -0.15) is 0 Å². The highest BCUT2D eigenvalue weighted by Gasteiger charge is 2.35. The Labute approximate surface area is 160 Å². The number of fused-ring (bicyclic) bond motifs is 1. The number of amides is 2. The third kappa shape index (κ3) is 3.04. The van der Waals surface area contributed by atoms with Crippen LogP contribution in [0.3, 0.4) is 0 Å². The van der Waals surface area contributed by atoms with E-state index in [1.807, 2.05) is 54.2 Å². The Morgan fingerprint density at radius 3 is 2.58 bits per heavy atom. The van der Waals surface area contributed by atoms with E-state index in [1.165, 1.54) is 4.90 Å². The van der Waals surface area contributed by atoms with E-state index >= 15 is 0 Å². The maximum atomic E-state index is 12.7. The van der Waals surface area contributed by atoms with Gasteiger partial charge in [0, 0.05) is 34.7 Å². The van der Waals surface area contributed by atoms with Crippen LogP contribution in [-0.2, 0) is 18.4 Å². The monoisotopic (exact) mass is 382 g/mol. The van der Waals surface area contributed by atoms with Gasteiger partial charge in [0.25, 0.3) is 11.1 Å². The van der Waals surface area contributed by atoms with Crippen LogP contribution in [0.5, 0.6) is 0 Å². The standard InChI is InChI=1S/C20H15ClN2O2S/c1-22-12-14(16-4-2-3-5-17(16)22)10-18-19(24)23(20(25)26-18)11-13-6-8-15(21)9-7-13/h2-10,12H,11H2,1H3/b18-10-. The van der Waals surface area contributed by atoms with Crippen molar-refractivity contribution in [3.8, 4) is 0 Å². The fraction of sp³-hybridized carbons (Fsp3) is 0.100. The molecule has 3 aromatic rings. The number of hydrogen-bond donors (Lipinski definition) is 0. The van der Waals surface area contributed by atoms with Crippen molar-refractivity contribution in [2.45, 2.75) is 6.54 Å². The number of imide groups is 1. The minimum Gasteiger partial charge on any atom is -0.350 e. The van der Waals surface area contributed by atoms with E-state index in [9.17, 15) is 9.59 Å². The summed E-state index contributed by atoms with van der Waals surface area (Å²) in [7, 11) is 1.96. The van der Waals surface area contributed by atoms with Gasteiger partial charge in [-0.25, -0.2) is 0 Å². The lowest BCUT2D eigenvalue weighted by Crippen LogP contribution is -2.27. The molecule has 1 aromatic heterocycles. The Kier molecular flexibility index (Phi) is 4.34. The number of carbonyl (C=O) groups excluding carboxylic acids is 2. The molecule has 0 N–H and O–H groups in total. The largest absolute Gasteiger partial charge is 0.350 e. The van der Waals surface area contributed by atoms with E-state index in [-0.39, 0.29) is 17.7 Å². The molecular formula is C20H15ClN2O2S. The van der Waals surface area contributed by atoms with Crippen LogP contribution in [-0.4, -0.2) is 20.6 Å². The summed E-state index contributed by atoms with van der Waals surface area (Å²) >= 11 is 6.87. The predicted octanol–water partition coefficient (Wildman–Crippen LogP) is 5.07. The smallest absolute Gasteiger partial charge is 0.293 e. The quantitative estimate of drug-likeness (QED) is 0.594. The number of aromatic nitrogens is 1. The average molecular weight is 383 g/mol. The number of thioether (sulfide) groups is 1. The number of nitrogens with zero attached hydrogens (tertiary/aromatic N) is 2. The number of carbonyl (C=O) groups is 2. The van der Waals surface area contributed by atoms with Gasteiger partial charge in [0.15, 0.2) is 0 Å². The molecule has 1 aliphatic rings. The van der Waals surface area contributed by atoms with Gasteiger partial charge >= 0.3 is 0 Å². The van der Waals surface area contributed by atoms with Gasteiger partial charge in [0.05, 0.1) is 11.4 Å². The highest BCUT2D eigenvalue weighted by atomic mass is 35.5. The van der Waals surface area contributed by atoms with Crippen molar-refractivity contribution in [1.82, 2.24) is 9.47 Å². The fourth-order valence-electron chi connectivity index (χ4n) is 3.04. The predicted molar refractivity (Wildman–Crippen MR) is 106 cm³/mol. The third-order valence-electron chi connectivity index (χ3n) is 4.34. The zero-order valence-electron chi connectivity index (χ0n) is 14.0. The molecule has 0 radical (unpaired) electrons. The van der Waals surface area contributed by atoms with Crippen LogP contribution in [0.1, 0.15) is 11.1 Å². The summed E-state index contributed by atoms with van der Waals surface area (Å²) in [4.78, 5) is 26.8. The molecule has 130 valence electrons. The third-order valence-corrected chi connectivity index (χ3v) is 5.50. The fourth-order valence-corrected chi connectivity index (χ4v) is 3.99. The molecule has 2 heterocycles. The van der Waals surface area contributed by atoms with Crippen molar-refractivity contribution in [2.75, 3.05) is 0 Å². The lowest BCUT2D eigenvalue weighted by Gasteiger charge is -2.12. The average Bonchev–Trinajstić information content (AvgIpc) is 3.09. The van der Waals surface area contributed by atoms with Crippen LogP contribution in [0, 0.1) is 0 Å². The van der Waals surface area contributed by atoms with Crippen molar-refractivity contribution in [1.29, 1.82) is 0 Å². The molecule has 0 unspecified atom stereocenters. The second kappa shape index (κ2) is 6.67. The summed E-state index contributed by atoms with van der Waals surface area (Å²) in [5, 5.41) is 1.43. The number of hydrogen-bond acceptors (Lipinski definition) is 3. The molecule has 0 aliphatic carbocycles. The molecule has 2 aromatic carbocycles. The van der Waals surface area contributed by atoms with Crippen molar-refractivity contribution in [3.63, 3.8) is 0 Å². The lowest BCUT2D eigenvalue weighted by molar-refractivity contribution is -0.123. The Morgan fingerprint density at radius 1 is 1.08 bits per heavy atom. The number of halogens is 1. The van der Waals surface area contributed by atoms with Gasteiger partial charge in [-0.3, -0.25) is 14.5 Å². The molecule has 6 heteroatoms. The summed E-state index contributed by atoms with van der Waals surface area (Å²) in [5.74, 6) is -0.261. The zero-order valence-corrected chi connectivity index (χ0v) is 15.6. The second-order valence-electron chi connectivity index (χ2n) is 6.11. The summed E-state index contributed by atoms with van der Waals surface area (Å²) in [6, 6.07) is 15.1. The second-order valence-corrected chi connectivity index (χ2v) is 7.54. The van der Waals surface area contributed by atoms with Gasteiger partial charge in [-0.15, -0.1) is 0 Å². The van der Waals surface area contributed by atoms with Crippen LogP contribution in [0.15, 0.2) is 59.6 Å². The maximum absolute atomic E-state index is 12.7. The van der Waals surface area contributed by atoms with E-state index in [2.05, 4.69) is 0 Å². The summed E-state index contributed by atoms with van der Waals surface area (Å²) < 4.78 is 2.01. The molecule has 4 nitrogen and oxygen atoms in total. The molecule has 0 spiro atoms. The Morgan fingerprint density at radius 2 is 1.81 bits per heavy atom. The Balaban J connectivity index is 1.64. The van der Waals surface area contributed by atoms with E-state index in [0.717, 1.165) is 33.8 Å². The zero-order chi connectivity index (χ0) is 18.3. The number of para-hydroxylation sites is 1. The topological polar surface area (TPSA) is 42.3 Å². The minimum absolute atomic E-state index is 0.245. The summed E-state index contributed by atoms with van der Waals surface area (Å²) in [5.41, 5.74) is 2.88. The molecule has 2 amide bonds. The summed E-state index contributed by atoms with van der Waals surface area (Å²) in [6.07, 6.45) is 3.77. The van der Waals surface area contributed by atoms with Crippen molar-refractivity contribution < 1.29 is 9.59 Å². The first kappa shape index (κ1) is 16.9. The van der Waals surface area contributed by atoms with Crippen molar-refractivity contribution in [3.05, 3.63) is 75.8 Å². The van der Waals surface area contributed by atoms with Crippen LogP contribution >= 0.6 is 23.4 Å². The van der Waals surface area contributed by atoms with Crippen molar-refractivity contribution >= 4 is 51.5 Å². The molecule has 1 fully saturated rings. The number of aryl methyl sites for hydroxylation is 1. The van der Waals surface area contributed by atoms with Crippen LogP contribution < -0.4 is 0 Å². The van der Waals surface area contributed by atoms with Gasteiger partial charge in [0.2, 0.25) is 0 Å². The SMILES string of the molecule is Cn1cc(/C=C2\SC(=O)N(Cc3ccc(Cl)cc3)C2=O)c2ccccc21. The van der Waals surface area contributed by atoms with Gasteiger partial charge in [-0.05, 0) is 41.6 Å². The van der Waals surface area contributed by atoms with E-state index in [0.29, 0.717) is 9.93 Å². The van der Waals surface area contributed by atoms with Crippen LogP contribution in [0.25, 0.3) is 17.0 Å². The van der Waals surface area contributed by atoms with E-state index in [4.69, 9.17) is 11.6 Å². The first-order valence-corrected chi connectivity index (χ1v) is 9.26. The lowest BCUT2D eigenvalue weighted by atomic mass is 10.1. The van der Waals surface area contributed by atoms with Crippen molar-refractivity contribution in [2.24, 2.45) is 7.05 Å². The van der Waals surface area contributed by atoms with Crippen LogP contribution in [0.2, 0.25) is 5.02 Å². The maximum Gasteiger partial charge on any atom is 0.293 e. The Hall–Kier alpha value is -2.50. The molecule has 0 bridgehead atoms. The number of benzene rings is 2. The summed E-state index contributed by atoms with van der Waals surface area (Å²) in [6.45, 7) is 0.245. The van der Waals surface area contributed by atoms with Gasteiger partial charge in [0.1, 0.15) is 0 Å². The highest BCUT2D eigenvalue weighted by molar-refractivity contribution is 8.18. The molecule has 0 atom stereocenters. The molecule has 26 heavy (non-hydrogen) atoms. The number of rotatable bonds is 3. The minimum atomic E-state index is -0.261. The highest BCUT2D eigenvalue weighted by Crippen LogP contribution is 2.34. The van der Waals surface area contributed by atoms with Gasteiger partial charge < -0.3 is 4.57 Å². The molecular weight excluding hydrogens is 368 g/mol. The van der Waals surface area contributed by atoms with E-state index in [1.54, 1.807) is 18.2 Å². The van der Waals surface area contributed by atoms with Gasteiger partial charge in [-0.1, -0.05) is 41.9 Å². The normalized spacial score (nSPS) is 16.2. The first-order valence-electron chi connectivity index (χ1n) is 8.07. The molecule has 1 saturated heterocycles. The molecule has 0 saturated carbocycles. The Bertz CT molecular complexity index is 1050. The molecule has 1 aliphatic heterocycles. The van der Waals surface area contributed by atoms with E-state index < -0.39 is 0 Å².